The molecule has 9 atom stereocenters. The van der Waals surface area contributed by atoms with E-state index in [1.165, 1.54) is 49.8 Å². The van der Waals surface area contributed by atoms with Crippen LogP contribution >= 0.6 is 0 Å². The summed E-state index contributed by atoms with van der Waals surface area (Å²) < 4.78 is 7.29. The highest BCUT2D eigenvalue weighted by Gasteiger charge is 2.59. The van der Waals surface area contributed by atoms with E-state index in [1.807, 2.05) is 6.08 Å². The average molecular weight is 514 g/mol. The highest BCUT2D eigenvalue weighted by Crippen LogP contribution is 2.64. The molecule has 2 heterocycles. The van der Waals surface area contributed by atoms with Gasteiger partial charge in [0.1, 0.15) is 0 Å². The van der Waals surface area contributed by atoms with E-state index in [0.29, 0.717) is 29.8 Å². The Morgan fingerprint density at radius 2 is 1.89 bits per heavy atom. The number of likely N-dealkylation sites (tertiary alicyclic amines) is 1. The number of piperidine rings is 1. The second-order valence-electron chi connectivity index (χ2n) is 14.5. The molecule has 38 heavy (non-hydrogen) atoms. The van der Waals surface area contributed by atoms with E-state index in [4.69, 9.17) is 4.74 Å². The summed E-state index contributed by atoms with van der Waals surface area (Å²) in [6, 6.07) is 11.6. The van der Waals surface area contributed by atoms with Gasteiger partial charge in [-0.3, -0.25) is 9.69 Å². The van der Waals surface area contributed by atoms with Crippen LogP contribution in [0, 0.1) is 35.0 Å². The summed E-state index contributed by atoms with van der Waals surface area (Å²) >= 11 is 0. The fourth-order valence-corrected chi connectivity index (χ4v) is 10.5. The van der Waals surface area contributed by atoms with Crippen molar-refractivity contribution in [2.24, 2.45) is 35.0 Å². The van der Waals surface area contributed by atoms with Gasteiger partial charge in [-0.1, -0.05) is 67.8 Å². The van der Waals surface area contributed by atoms with Gasteiger partial charge in [0, 0.05) is 31.5 Å². The molecule has 2 saturated heterocycles. The normalized spacial score (nSPS) is 44.8. The summed E-state index contributed by atoms with van der Waals surface area (Å²) in [5.41, 5.74) is 6.58. The molecule has 3 nitrogen and oxygen atoms in total. The zero-order valence-corrected chi connectivity index (χ0v) is 24.0. The van der Waals surface area contributed by atoms with Crippen molar-refractivity contribution in [2.45, 2.75) is 110 Å². The van der Waals surface area contributed by atoms with E-state index in [2.05, 4.69) is 62.9 Å². The Morgan fingerprint density at radius 1 is 1.08 bits per heavy atom. The largest absolute Gasteiger partial charge is 0.369 e. The molecule has 1 aromatic rings. The summed E-state index contributed by atoms with van der Waals surface area (Å²) in [7, 11) is 0. The van der Waals surface area contributed by atoms with E-state index in [9.17, 15) is 4.79 Å². The third kappa shape index (κ3) is 3.85. The Labute approximate surface area is 230 Å². The van der Waals surface area contributed by atoms with Crippen LogP contribution in [0.3, 0.4) is 0 Å². The molecule has 204 valence electrons. The fraction of sp³-hybridized carbons (Fsp3) is 0.686. The lowest BCUT2D eigenvalue weighted by Gasteiger charge is -2.48. The van der Waals surface area contributed by atoms with Crippen LogP contribution in [0.4, 0.5) is 0 Å². The van der Waals surface area contributed by atoms with Crippen LogP contribution < -0.4 is 0 Å². The molecule has 7 rings (SSSR count). The SMILES string of the molecule is CC1=C2C[C@H]3[C@@H](CCC4=CC(=O)CC[C@@]43C)[C@@H]2CC[C@@]2(C1)O[C@@H]1C[C@H](C)CN(Cc3ccccc3)[C@H]1C2C. The summed E-state index contributed by atoms with van der Waals surface area (Å²) in [5, 5.41) is 0. The molecule has 1 unspecified atom stereocenters. The van der Waals surface area contributed by atoms with Gasteiger partial charge >= 0.3 is 0 Å². The molecular weight excluding hydrogens is 466 g/mol. The first-order valence-electron chi connectivity index (χ1n) is 15.7. The molecule has 1 spiro atoms. The van der Waals surface area contributed by atoms with Gasteiger partial charge in [0.2, 0.25) is 0 Å². The summed E-state index contributed by atoms with van der Waals surface area (Å²) in [5.74, 6) is 3.85. The predicted molar refractivity (Wildman–Crippen MR) is 152 cm³/mol. The summed E-state index contributed by atoms with van der Waals surface area (Å²) in [6.45, 7) is 12.1. The summed E-state index contributed by atoms with van der Waals surface area (Å²) in [4.78, 5) is 15.0. The van der Waals surface area contributed by atoms with E-state index in [0.717, 1.165) is 50.0 Å². The number of allylic oxidation sites excluding steroid dienone is 3. The molecule has 3 heteroatoms. The van der Waals surface area contributed by atoms with Gasteiger partial charge in [-0.05, 0) is 99.0 Å². The van der Waals surface area contributed by atoms with Crippen molar-refractivity contribution in [1.29, 1.82) is 0 Å². The first kappa shape index (κ1) is 25.3. The van der Waals surface area contributed by atoms with Gasteiger partial charge < -0.3 is 4.74 Å². The Kier molecular flexibility index (Phi) is 6.09. The molecular formula is C35H47NO2. The number of carbonyl (C=O) groups excluding carboxylic acids is 1. The van der Waals surface area contributed by atoms with Crippen LogP contribution in [0.25, 0.3) is 0 Å². The second-order valence-corrected chi connectivity index (χ2v) is 14.5. The number of hydrogen-bond acceptors (Lipinski definition) is 3. The van der Waals surface area contributed by atoms with E-state index < -0.39 is 0 Å². The van der Waals surface area contributed by atoms with Gasteiger partial charge in [0.05, 0.1) is 11.7 Å². The number of rotatable bonds is 2. The van der Waals surface area contributed by atoms with Gasteiger partial charge in [0.25, 0.3) is 0 Å². The molecule has 0 amide bonds. The fourth-order valence-electron chi connectivity index (χ4n) is 10.5. The van der Waals surface area contributed by atoms with Crippen molar-refractivity contribution >= 4 is 5.78 Å². The molecule has 0 N–H and O–H groups in total. The minimum absolute atomic E-state index is 0.00780. The third-order valence-electron chi connectivity index (χ3n) is 12.4. The number of fused-ring (bicyclic) bond motifs is 6. The maximum absolute atomic E-state index is 12.2. The Hall–Kier alpha value is -1.71. The zero-order chi connectivity index (χ0) is 26.2. The molecule has 4 aliphatic carbocycles. The first-order valence-corrected chi connectivity index (χ1v) is 15.7. The lowest BCUT2D eigenvalue weighted by molar-refractivity contribution is -0.116. The molecule has 2 aliphatic heterocycles. The molecule has 0 bridgehead atoms. The number of hydrogen-bond donors (Lipinski definition) is 0. The van der Waals surface area contributed by atoms with Crippen LogP contribution in [0.5, 0.6) is 0 Å². The minimum Gasteiger partial charge on any atom is -0.369 e. The molecule has 0 radical (unpaired) electrons. The average Bonchev–Trinajstić information content (AvgIpc) is 3.35. The molecule has 4 fully saturated rings. The van der Waals surface area contributed by atoms with Gasteiger partial charge in [-0.15, -0.1) is 0 Å². The highest BCUT2D eigenvalue weighted by atomic mass is 16.5. The number of ether oxygens (including phenoxy) is 1. The number of nitrogens with zero attached hydrogens (tertiary/aromatic N) is 1. The lowest BCUT2D eigenvalue weighted by atomic mass is 9.56. The number of benzene rings is 1. The maximum Gasteiger partial charge on any atom is 0.155 e. The molecule has 0 aromatic heterocycles. The van der Waals surface area contributed by atoms with Crippen LogP contribution in [0.2, 0.25) is 0 Å². The minimum atomic E-state index is -0.00780. The van der Waals surface area contributed by atoms with Crippen LogP contribution in [0.1, 0.15) is 91.0 Å². The smallest absolute Gasteiger partial charge is 0.155 e. The predicted octanol–water partition coefficient (Wildman–Crippen LogP) is 7.51. The van der Waals surface area contributed by atoms with Crippen LogP contribution in [-0.2, 0) is 16.1 Å². The first-order chi connectivity index (χ1) is 18.3. The number of carbonyl (C=O) groups is 1. The molecule has 1 aromatic carbocycles. The molecule has 6 aliphatic rings. The van der Waals surface area contributed by atoms with Crippen LogP contribution in [-0.4, -0.2) is 35.0 Å². The zero-order valence-electron chi connectivity index (χ0n) is 24.0. The van der Waals surface area contributed by atoms with Crippen molar-refractivity contribution in [3.8, 4) is 0 Å². The lowest BCUT2D eigenvalue weighted by Crippen LogP contribution is -2.51. The van der Waals surface area contributed by atoms with E-state index in [1.54, 1.807) is 11.1 Å². The number of ketones is 1. The van der Waals surface area contributed by atoms with Crippen molar-refractivity contribution < 1.29 is 9.53 Å². The van der Waals surface area contributed by atoms with Gasteiger partial charge in [0.15, 0.2) is 5.78 Å². The Balaban J connectivity index is 1.16. The quantitative estimate of drug-likeness (QED) is 0.383. The van der Waals surface area contributed by atoms with Crippen molar-refractivity contribution in [1.82, 2.24) is 4.90 Å². The second kappa shape index (κ2) is 9.16. The van der Waals surface area contributed by atoms with Crippen molar-refractivity contribution in [2.75, 3.05) is 6.54 Å². The standard InChI is InChI=1S/C35H47NO2/c1-22-16-32-33(36(20-22)21-25-8-6-5-7-9-25)24(3)35(38-32)15-13-28-29-11-10-26-17-27(37)12-14-34(26,4)31(29)18-30(28)23(2)19-35/h5-9,17,22,24,28-29,31-33H,10-16,18-21H2,1-4H3/t22-,24?,28-,29-,31-,32+,33-,34-,35-/m0/s1. The Bertz CT molecular complexity index is 1170. The van der Waals surface area contributed by atoms with Crippen molar-refractivity contribution in [3.63, 3.8) is 0 Å². The Morgan fingerprint density at radius 3 is 2.71 bits per heavy atom. The van der Waals surface area contributed by atoms with E-state index >= 15 is 0 Å². The highest BCUT2D eigenvalue weighted by molar-refractivity contribution is 5.91. The van der Waals surface area contributed by atoms with Crippen molar-refractivity contribution in [3.05, 3.63) is 58.7 Å². The van der Waals surface area contributed by atoms with Crippen LogP contribution in [0.15, 0.2) is 53.1 Å². The molecule has 2 saturated carbocycles. The van der Waals surface area contributed by atoms with E-state index in [-0.39, 0.29) is 11.0 Å². The third-order valence-corrected chi connectivity index (χ3v) is 12.4. The monoisotopic (exact) mass is 513 g/mol. The maximum atomic E-state index is 12.2. The van der Waals surface area contributed by atoms with Gasteiger partial charge in [-0.25, -0.2) is 0 Å². The van der Waals surface area contributed by atoms with Gasteiger partial charge in [-0.2, -0.15) is 0 Å². The topological polar surface area (TPSA) is 29.5 Å². The summed E-state index contributed by atoms with van der Waals surface area (Å²) in [6.07, 6.45) is 12.7.